The number of aromatic nitrogens is 2. The van der Waals surface area contributed by atoms with Crippen LogP contribution in [0.3, 0.4) is 0 Å². The second kappa shape index (κ2) is 4.06. The summed E-state index contributed by atoms with van der Waals surface area (Å²) in [5.41, 5.74) is 6.69. The minimum absolute atomic E-state index is 0.189. The van der Waals surface area contributed by atoms with Gasteiger partial charge in [-0.2, -0.15) is 0 Å². The molecule has 0 radical (unpaired) electrons. The van der Waals surface area contributed by atoms with Gasteiger partial charge in [-0.25, -0.2) is 4.98 Å². The summed E-state index contributed by atoms with van der Waals surface area (Å²) in [5, 5.41) is 0. The molecule has 0 aliphatic carbocycles. The monoisotopic (exact) mass is 201 g/mol. The molecule has 2 rings (SSSR count). The Kier molecular flexibility index (Phi) is 2.60. The third-order valence-electron chi connectivity index (χ3n) is 2.14. The van der Waals surface area contributed by atoms with Gasteiger partial charge in [0.1, 0.15) is 5.82 Å². The Morgan fingerprint density at radius 1 is 1.20 bits per heavy atom. The van der Waals surface area contributed by atoms with Crippen molar-refractivity contribution in [3.8, 4) is 0 Å². The van der Waals surface area contributed by atoms with Crippen molar-refractivity contribution in [2.75, 3.05) is 0 Å². The molecule has 3 N–H and O–H groups in total. The van der Waals surface area contributed by atoms with Crippen molar-refractivity contribution >= 4 is 0 Å². The molecule has 0 aliphatic rings. The number of aromatic amines is 1. The zero-order chi connectivity index (χ0) is 10.7. The van der Waals surface area contributed by atoms with Crippen molar-refractivity contribution < 1.29 is 0 Å². The van der Waals surface area contributed by atoms with Crippen molar-refractivity contribution in [2.24, 2.45) is 5.73 Å². The molecule has 0 saturated heterocycles. The van der Waals surface area contributed by atoms with Gasteiger partial charge in [-0.1, -0.05) is 30.3 Å². The number of hydrogen-bond donors (Lipinski definition) is 2. The highest BCUT2D eigenvalue weighted by molar-refractivity contribution is 5.23. The summed E-state index contributed by atoms with van der Waals surface area (Å²) in [7, 11) is 0. The summed E-state index contributed by atoms with van der Waals surface area (Å²) < 4.78 is 0. The first-order chi connectivity index (χ1) is 7.27. The fourth-order valence-corrected chi connectivity index (χ4v) is 1.36. The summed E-state index contributed by atoms with van der Waals surface area (Å²) in [6, 6.07) is 10.5. The van der Waals surface area contributed by atoms with E-state index in [-0.39, 0.29) is 11.6 Å². The van der Waals surface area contributed by atoms with Gasteiger partial charge in [-0.05, 0) is 5.56 Å². The molecule has 0 bridgehead atoms. The first kappa shape index (κ1) is 9.61. The van der Waals surface area contributed by atoms with Crippen LogP contribution >= 0.6 is 0 Å². The minimum atomic E-state index is -0.389. The lowest BCUT2D eigenvalue weighted by molar-refractivity contribution is 0.773. The van der Waals surface area contributed by atoms with Crippen LogP contribution in [0, 0.1) is 0 Å². The maximum Gasteiger partial charge on any atom is 0.250 e. The lowest BCUT2D eigenvalue weighted by Gasteiger charge is -2.09. The Bertz CT molecular complexity index is 492. The van der Waals surface area contributed by atoms with Gasteiger partial charge < -0.3 is 10.7 Å². The lowest BCUT2D eigenvalue weighted by atomic mass is 10.1. The predicted octanol–water partition coefficient (Wildman–Crippen LogP) is 0.818. The van der Waals surface area contributed by atoms with Crippen molar-refractivity contribution in [3.63, 3.8) is 0 Å². The van der Waals surface area contributed by atoms with E-state index in [2.05, 4.69) is 9.97 Å². The third-order valence-corrected chi connectivity index (χ3v) is 2.14. The zero-order valence-corrected chi connectivity index (χ0v) is 8.05. The molecule has 76 valence electrons. The number of rotatable bonds is 2. The van der Waals surface area contributed by atoms with E-state index in [0.717, 1.165) is 5.56 Å². The highest BCUT2D eigenvalue weighted by Gasteiger charge is 2.09. The fraction of sp³-hybridized carbons (Fsp3) is 0.0909. The van der Waals surface area contributed by atoms with E-state index in [1.165, 1.54) is 12.3 Å². The second-order valence-electron chi connectivity index (χ2n) is 3.21. The van der Waals surface area contributed by atoms with Crippen LogP contribution in [0.4, 0.5) is 0 Å². The summed E-state index contributed by atoms with van der Waals surface area (Å²) in [4.78, 5) is 17.7. The molecule has 0 spiro atoms. The normalized spacial score (nSPS) is 12.3. The van der Waals surface area contributed by atoms with Crippen LogP contribution in [0.1, 0.15) is 17.4 Å². The molecule has 0 fully saturated rings. The SMILES string of the molecule is NC(c1ccccc1)c1nccc(=O)[nH]1. The van der Waals surface area contributed by atoms with Gasteiger partial charge in [0.2, 0.25) is 0 Å². The second-order valence-corrected chi connectivity index (χ2v) is 3.21. The van der Waals surface area contributed by atoms with E-state index in [1.54, 1.807) is 0 Å². The van der Waals surface area contributed by atoms with Gasteiger partial charge in [0, 0.05) is 12.3 Å². The molecule has 1 atom stereocenters. The van der Waals surface area contributed by atoms with Gasteiger partial charge in [-0.15, -0.1) is 0 Å². The molecule has 2 aromatic rings. The first-order valence-corrected chi connectivity index (χ1v) is 4.63. The van der Waals surface area contributed by atoms with Crippen LogP contribution in [-0.2, 0) is 0 Å². The molecule has 15 heavy (non-hydrogen) atoms. The third kappa shape index (κ3) is 2.11. The van der Waals surface area contributed by atoms with E-state index in [0.29, 0.717) is 5.82 Å². The van der Waals surface area contributed by atoms with Crippen molar-refractivity contribution in [3.05, 3.63) is 64.3 Å². The average molecular weight is 201 g/mol. The van der Waals surface area contributed by atoms with Gasteiger partial charge in [0.15, 0.2) is 0 Å². The number of nitrogens with two attached hydrogens (primary N) is 1. The summed E-state index contributed by atoms with van der Waals surface area (Å²) >= 11 is 0. The number of H-pyrrole nitrogens is 1. The minimum Gasteiger partial charge on any atom is -0.318 e. The van der Waals surface area contributed by atoms with Crippen molar-refractivity contribution in [2.45, 2.75) is 6.04 Å². The summed E-state index contributed by atoms with van der Waals surface area (Å²) in [6.45, 7) is 0. The fourth-order valence-electron chi connectivity index (χ4n) is 1.36. The van der Waals surface area contributed by atoms with Gasteiger partial charge in [-0.3, -0.25) is 4.79 Å². The smallest absolute Gasteiger partial charge is 0.250 e. The molecule has 1 aromatic carbocycles. The van der Waals surface area contributed by atoms with E-state index >= 15 is 0 Å². The Labute approximate surface area is 86.8 Å². The predicted molar refractivity (Wildman–Crippen MR) is 57.3 cm³/mol. The maximum absolute atomic E-state index is 11.1. The van der Waals surface area contributed by atoms with Crippen molar-refractivity contribution in [1.82, 2.24) is 9.97 Å². The molecule has 0 amide bonds. The van der Waals surface area contributed by atoms with Gasteiger partial charge in [0.25, 0.3) is 5.56 Å². The average Bonchev–Trinajstić information content (AvgIpc) is 2.29. The van der Waals surface area contributed by atoms with Crippen molar-refractivity contribution in [1.29, 1.82) is 0 Å². The quantitative estimate of drug-likeness (QED) is 0.755. The van der Waals surface area contributed by atoms with E-state index in [4.69, 9.17) is 5.73 Å². The molecule has 4 nitrogen and oxygen atoms in total. The van der Waals surface area contributed by atoms with Crippen LogP contribution in [0.2, 0.25) is 0 Å². The highest BCUT2D eigenvalue weighted by atomic mass is 16.1. The molecule has 0 aliphatic heterocycles. The van der Waals surface area contributed by atoms with Crippen LogP contribution in [-0.4, -0.2) is 9.97 Å². The first-order valence-electron chi connectivity index (χ1n) is 4.63. The number of benzene rings is 1. The van der Waals surface area contributed by atoms with E-state index in [1.807, 2.05) is 30.3 Å². The van der Waals surface area contributed by atoms with Crippen LogP contribution in [0.15, 0.2) is 47.4 Å². The standard InChI is InChI=1S/C11H11N3O/c12-10(8-4-2-1-3-5-8)11-13-7-6-9(15)14-11/h1-7,10H,12H2,(H,13,14,15). The Morgan fingerprint density at radius 3 is 2.60 bits per heavy atom. The lowest BCUT2D eigenvalue weighted by Crippen LogP contribution is -2.19. The molecule has 1 aromatic heterocycles. The Morgan fingerprint density at radius 2 is 1.93 bits per heavy atom. The number of nitrogens with one attached hydrogen (secondary N) is 1. The van der Waals surface area contributed by atoms with Crippen LogP contribution in [0.5, 0.6) is 0 Å². The summed E-state index contributed by atoms with van der Waals surface area (Å²) in [6.07, 6.45) is 1.46. The van der Waals surface area contributed by atoms with Gasteiger partial charge >= 0.3 is 0 Å². The highest BCUT2D eigenvalue weighted by Crippen LogP contribution is 2.13. The maximum atomic E-state index is 11.1. The molecular formula is C11H11N3O. The molecular weight excluding hydrogens is 190 g/mol. The van der Waals surface area contributed by atoms with E-state index in [9.17, 15) is 4.79 Å². The van der Waals surface area contributed by atoms with Crippen LogP contribution < -0.4 is 11.3 Å². The van der Waals surface area contributed by atoms with Crippen LogP contribution in [0.25, 0.3) is 0 Å². The zero-order valence-electron chi connectivity index (χ0n) is 8.05. The van der Waals surface area contributed by atoms with E-state index < -0.39 is 0 Å². The molecule has 1 heterocycles. The topological polar surface area (TPSA) is 71.8 Å². The number of nitrogens with zero attached hydrogens (tertiary/aromatic N) is 1. The molecule has 4 heteroatoms. The molecule has 0 saturated carbocycles. The van der Waals surface area contributed by atoms with Gasteiger partial charge in [0.05, 0.1) is 6.04 Å². The summed E-state index contributed by atoms with van der Waals surface area (Å²) in [5.74, 6) is 0.480. The largest absolute Gasteiger partial charge is 0.318 e. The molecule has 1 unspecified atom stereocenters. The number of hydrogen-bond acceptors (Lipinski definition) is 3. The Balaban J connectivity index is 2.37. The Hall–Kier alpha value is -1.94.